The molecule has 24 heavy (non-hydrogen) atoms. The molecule has 1 N–H and O–H groups in total. The van der Waals surface area contributed by atoms with Crippen molar-refractivity contribution in [3.8, 4) is 12.5 Å². The number of fused-ring (bicyclic) bond motifs is 1. The van der Waals surface area contributed by atoms with Gasteiger partial charge in [-0.15, -0.1) is 11.8 Å². The zero-order chi connectivity index (χ0) is 17.5. The molecule has 2 heterocycles. The number of aryl methyl sites for hydroxylation is 1. The van der Waals surface area contributed by atoms with Gasteiger partial charge in [0.15, 0.2) is 11.5 Å². The molecule has 0 radical (unpaired) electrons. The SMILES string of the molecule is C#CN/C=C\SCc1nc2cc(C(=O)N(CC)CC)cc(C)n2n1. The van der Waals surface area contributed by atoms with Crippen LogP contribution in [0.2, 0.25) is 0 Å². The molecule has 0 unspecified atom stereocenters. The Morgan fingerprint density at radius 1 is 1.46 bits per heavy atom. The van der Waals surface area contributed by atoms with Crippen LogP contribution in [0.15, 0.2) is 23.7 Å². The summed E-state index contributed by atoms with van der Waals surface area (Å²) in [7, 11) is 0. The third kappa shape index (κ3) is 4.09. The van der Waals surface area contributed by atoms with Crippen LogP contribution in [0.3, 0.4) is 0 Å². The van der Waals surface area contributed by atoms with E-state index in [0.717, 1.165) is 5.69 Å². The maximum Gasteiger partial charge on any atom is 0.254 e. The van der Waals surface area contributed by atoms with Gasteiger partial charge in [0.2, 0.25) is 0 Å². The summed E-state index contributed by atoms with van der Waals surface area (Å²) in [5.74, 6) is 1.36. The molecule has 0 saturated heterocycles. The predicted octanol–water partition coefficient (Wildman–Crippen LogP) is 2.40. The zero-order valence-corrected chi connectivity index (χ0v) is 14.9. The molecular formula is C17H21N5OS. The molecule has 0 spiro atoms. The van der Waals surface area contributed by atoms with Crippen molar-refractivity contribution < 1.29 is 4.79 Å². The molecule has 0 saturated carbocycles. The van der Waals surface area contributed by atoms with E-state index in [4.69, 9.17) is 6.42 Å². The summed E-state index contributed by atoms with van der Waals surface area (Å²) in [6.45, 7) is 7.25. The number of hydrogen-bond donors (Lipinski definition) is 1. The normalized spacial score (nSPS) is 10.9. The van der Waals surface area contributed by atoms with Gasteiger partial charge in [0, 0.05) is 36.6 Å². The third-order valence-corrected chi connectivity index (χ3v) is 4.25. The topological polar surface area (TPSA) is 62.5 Å². The number of carbonyl (C=O) groups excluding carboxylic acids is 1. The highest BCUT2D eigenvalue weighted by molar-refractivity contribution is 8.01. The Morgan fingerprint density at radius 2 is 2.21 bits per heavy atom. The first-order valence-electron chi connectivity index (χ1n) is 7.74. The number of carbonyl (C=O) groups is 1. The minimum atomic E-state index is 0.0211. The fraction of sp³-hybridized carbons (Fsp3) is 0.353. The van der Waals surface area contributed by atoms with E-state index in [0.29, 0.717) is 35.9 Å². The molecule has 6 nitrogen and oxygen atoms in total. The first-order valence-corrected chi connectivity index (χ1v) is 8.78. The molecule has 0 aliphatic rings. The Hall–Kier alpha value is -2.46. The van der Waals surface area contributed by atoms with Crippen LogP contribution in [-0.4, -0.2) is 38.5 Å². The molecule has 0 atom stereocenters. The molecule has 2 aromatic heterocycles. The number of nitrogens with one attached hydrogen (secondary N) is 1. The molecule has 126 valence electrons. The van der Waals surface area contributed by atoms with Crippen LogP contribution in [0.5, 0.6) is 0 Å². The second-order valence-electron chi connectivity index (χ2n) is 5.06. The summed E-state index contributed by atoms with van der Waals surface area (Å²) in [6, 6.07) is 5.96. The van der Waals surface area contributed by atoms with Crippen LogP contribution in [0.4, 0.5) is 0 Å². The van der Waals surface area contributed by atoms with Gasteiger partial charge in [0.05, 0.1) is 5.75 Å². The Labute approximate surface area is 146 Å². The summed E-state index contributed by atoms with van der Waals surface area (Å²) in [4.78, 5) is 18.8. The predicted molar refractivity (Wildman–Crippen MR) is 97.4 cm³/mol. The van der Waals surface area contributed by atoms with Crippen molar-refractivity contribution in [2.75, 3.05) is 13.1 Å². The van der Waals surface area contributed by atoms with Crippen LogP contribution in [0.25, 0.3) is 5.65 Å². The lowest BCUT2D eigenvalue weighted by atomic mass is 10.2. The molecule has 7 heteroatoms. The molecule has 2 aromatic rings. The molecule has 1 amide bonds. The minimum absolute atomic E-state index is 0.0211. The van der Waals surface area contributed by atoms with E-state index < -0.39 is 0 Å². The van der Waals surface area contributed by atoms with Crippen LogP contribution < -0.4 is 5.32 Å². The Balaban J connectivity index is 2.21. The van der Waals surface area contributed by atoms with E-state index in [1.54, 1.807) is 21.7 Å². The maximum absolute atomic E-state index is 12.5. The van der Waals surface area contributed by atoms with Gasteiger partial charge >= 0.3 is 0 Å². The second kappa shape index (κ2) is 8.41. The average Bonchev–Trinajstić information content (AvgIpc) is 2.99. The van der Waals surface area contributed by atoms with E-state index in [1.807, 2.05) is 32.2 Å². The lowest BCUT2D eigenvalue weighted by molar-refractivity contribution is 0.0773. The zero-order valence-electron chi connectivity index (χ0n) is 14.1. The summed E-state index contributed by atoms with van der Waals surface area (Å²) in [5.41, 5.74) is 2.22. The Kier molecular flexibility index (Phi) is 6.27. The number of rotatable bonds is 7. The Morgan fingerprint density at radius 3 is 2.88 bits per heavy atom. The minimum Gasteiger partial charge on any atom is -0.339 e. The van der Waals surface area contributed by atoms with E-state index in [-0.39, 0.29) is 5.91 Å². The molecular weight excluding hydrogens is 322 g/mol. The van der Waals surface area contributed by atoms with Gasteiger partial charge in [0.25, 0.3) is 5.91 Å². The quantitative estimate of drug-likeness (QED) is 0.618. The lowest BCUT2D eigenvalue weighted by Crippen LogP contribution is -2.30. The van der Waals surface area contributed by atoms with Crippen molar-refractivity contribution in [2.24, 2.45) is 0 Å². The van der Waals surface area contributed by atoms with Gasteiger partial charge in [-0.25, -0.2) is 9.50 Å². The van der Waals surface area contributed by atoms with E-state index in [9.17, 15) is 4.79 Å². The fourth-order valence-electron chi connectivity index (χ4n) is 2.32. The van der Waals surface area contributed by atoms with Gasteiger partial charge in [0.1, 0.15) is 0 Å². The third-order valence-electron chi connectivity index (χ3n) is 3.50. The Bertz CT molecular complexity index is 786. The standard InChI is InChI=1S/C17H21N5OS/c1-5-18-8-9-24-12-15-19-16-11-14(10-13(4)22(16)20-15)17(23)21(6-2)7-3/h1,8-11,18H,6-7,12H2,2-4H3/b9-8-. The summed E-state index contributed by atoms with van der Waals surface area (Å²) >= 11 is 1.54. The van der Waals surface area contributed by atoms with Crippen molar-refractivity contribution in [3.63, 3.8) is 0 Å². The first-order chi connectivity index (χ1) is 11.6. The summed E-state index contributed by atoms with van der Waals surface area (Å²) in [6.07, 6.45) is 6.78. The van der Waals surface area contributed by atoms with Crippen molar-refractivity contribution in [2.45, 2.75) is 26.5 Å². The first kappa shape index (κ1) is 17.9. The summed E-state index contributed by atoms with van der Waals surface area (Å²) < 4.78 is 1.76. The van der Waals surface area contributed by atoms with Crippen LogP contribution in [0, 0.1) is 19.4 Å². The fourth-order valence-corrected chi connectivity index (χ4v) is 2.85. The van der Waals surface area contributed by atoms with E-state index in [2.05, 4.69) is 21.4 Å². The van der Waals surface area contributed by atoms with Crippen molar-refractivity contribution in [1.29, 1.82) is 0 Å². The lowest BCUT2D eigenvalue weighted by Gasteiger charge is -2.18. The van der Waals surface area contributed by atoms with Gasteiger partial charge < -0.3 is 10.2 Å². The monoisotopic (exact) mass is 343 g/mol. The molecule has 0 bridgehead atoms. The largest absolute Gasteiger partial charge is 0.339 e. The smallest absolute Gasteiger partial charge is 0.254 e. The van der Waals surface area contributed by atoms with E-state index in [1.165, 1.54) is 11.8 Å². The summed E-state index contributed by atoms with van der Waals surface area (Å²) in [5, 5.41) is 8.99. The number of aromatic nitrogens is 3. The van der Waals surface area contributed by atoms with Crippen molar-refractivity contribution in [3.05, 3.63) is 40.8 Å². The average molecular weight is 343 g/mol. The number of thioether (sulfide) groups is 1. The number of nitrogens with zero attached hydrogens (tertiary/aromatic N) is 4. The molecule has 0 fully saturated rings. The van der Waals surface area contributed by atoms with Gasteiger partial charge in [-0.1, -0.05) is 6.42 Å². The molecule has 2 rings (SSSR count). The van der Waals surface area contributed by atoms with E-state index >= 15 is 0 Å². The van der Waals surface area contributed by atoms with Crippen molar-refractivity contribution in [1.82, 2.24) is 24.8 Å². The number of hydrogen-bond acceptors (Lipinski definition) is 5. The highest BCUT2D eigenvalue weighted by atomic mass is 32.2. The maximum atomic E-state index is 12.5. The van der Waals surface area contributed by atoms with Gasteiger partial charge in [-0.05, 0) is 38.3 Å². The van der Waals surface area contributed by atoms with Crippen LogP contribution in [0.1, 0.15) is 35.7 Å². The molecule has 0 aromatic carbocycles. The number of terminal acetylenes is 1. The molecule has 0 aliphatic heterocycles. The van der Waals surface area contributed by atoms with Gasteiger partial charge in [-0.2, -0.15) is 5.10 Å². The van der Waals surface area contributed by atoms with Crippen LogP contribution >= 0.6 is 11.8 Å². The highest BCUT2D eigenvalue weighted by Crippen LogP contribution is 2.15. The number of amides is 1. The highest BCUT2D eigenvalue weighted by Gasteiger charge is 2.15. The van der Waals surface area contributed by atoms with Crippen LogP contribution in [-0.2, 0) is 5.75 Å². The molecule has 0 aliphatic carbocycles. The van der Waals surface area contributed by atoms with Gasteiger partial charge in [-0.3, -0.25) is 4.79 Å². The number of pyridine rings is 1. The van der Waals surface area contributed by atoms with Crippen molar-refractivity contribution >= 4 is 23.3 Å². The second-order valence-corrected chi connectivity index (χ2v) is 5.96.